The van der Waals surface area contributed by atoms with E-state index in [1.54, 1.807) is 6.07 Å². The number of nitrogens with zero attached hydrogens (tertiary/aromatic N) is 3. The van der Waals surface area contributed by atoms with E-state index >= 15 is 0 Å². The number of likely N-dealkylation sites (tertiary alicyclic amines) is 1. The average molecular weight is 408 g/mol. The number of hydrogen-bond donors (Lipinski definition) is 1. The molecule has 1 fully saturated rings. The quantitative estimate of drug-likeness (QED) is 0.715. The van der Waals surface area contributed by atoms with E-state index in [1.165, 1.54) is 10.5 Å². The number of aliphatic hydroxyl groups excluding tert-OH is 1. The maximum Gasteiger partial charge on any atom is 0.261 e. The van der Waals surface area contributed by atoms with Crippen molar-refractivity contribution in [3.8, 4) is 0 Å². The largest absolute Gasteiger partial charge is 0.392 e. The number of β-amino-alcohol motifs (C(OH)–C–C–N with tert-alkyl or cyclic N) is 1. The Balaban J connectivity index is 1.63. The fraction of sp³-hybridized carbons (Fsp3) is 0.417. The molecule has 0 spiro atoms. The molecule has 2 aliphatic rings. The molecule has 0 bridgehead atoms. The van der Waals surface area contributed by atoms with E-state index in [0.29, 0.717) is 24.2 Å². The zero-order chi connectivity index (χ0) is 21.3. The van der Waals surface area contributed by atoms with Crippen LogP contribution in [-0.4, -0.2) is 66.1 Å². The molecule has 2 atom stereocenters. The molecule has 4 rings (SSSR count). The van der Waals surface area contributed by atoms with Crippen molar-refractivity contribution >= 4 is 17.5 Å². The van der Waals surface area contributed by atoms with Crippen molar-refractivity contribution in [3.63, 3.8) is 0 Å². The number of fused-ring (bicyclic) bond motifs is 1. The Morgan fingerprint density at radius 2 is 1.83 bits per heavy atom. The van der Waals surface area contributed by atoms with Crippen LogP contribution in [0.2, 0.25) is 0 Å². The second kappa shape index (κ2) is 8.58. The minimum atomic E-state index is -0.264. The summed E-state index contributed by atoms with van der Waals surface area (Å²) in [5.41, 5.74) is 3.06. The smallest absolute Gasteiger partial charge is 0.261 e. The van der Waals surface area contributed by atoms with E-state index in [9.17, 15) is 14.7 Å². The van der Waals surface area contributed by atoms with Gasteiger partial charge in [0, 0.05) is 38.9 Å². The topological polar surface area (TPSA) is 64.1 Å². The van der Waals surface area contributed by atoms with Gasteiger partial charge in [0.1, 0.15) is 0 Å². The Hall–Kier alpha value is -2.70. The molecule has 2 aromatic carbocycles. The fourth-order valence-corrected chi connectivity index (χ4v) is 4.45. The predicted octanol–water partition coefficient (Wildman–Crippen LogP) is 2.94. The summed E-state index contributed by atoms with van der Waals surface area (Å²) in [5.74, 6) is -0.400. The number of rotatable bonds is 7. The summed E-state index contributed by atoms with van der Waals surface area (Å²) in [6.07, 6.45) is 1.28. The van der Waals surface area contributed by atoms with E-state index in [2.05, 4.69) is 21.9 Å². The van der Waals surface area contributed by atoms with Gasteiger partial charge in [-0.15, -0.1) is 0 Å². The van der Waals surface area contributed by atoms with Gasteiger partial charge in [-0.1, -0.05) is 37.3 Å². The van der Waals surface area contributed by atoms with Crippen LogP contribution in [0.15, 0.2) is 48.5 Å². The first kappa shape index (κ1) is 20.6. The number of benzene rings is 2. The summed E-state index contributed by atoms with van der Waals surface area (Å²) in [5, 5.41) is 9.94. The lowest BCUT2D eigenvalue weighted by molar-refractivity contribution is 0.0654. The molecule has 2 amide bonds. The van der Waals surface area contributed by atoms with Gasteiger partial charge in [-0.25, -0.2) is 0 Å². The highest BCUT2D eigenvalue weighted by Crippen LogP contribution is 2.32. The number of amides is 2. The molecule has 2 heterocycles. The molecule has 1 N–H and O–H groups in total. The van der Waals surface area contributed by atoms with E-state index in [1.807, 2.05) is 44.3 Å². The van der Waals surface area contributed by atoms with Crippen LogP contribution in [0.25, 0.3) is 0 Å². The van der Waals surface area contributed by atoms with Gasteiger partial charge in [0.05, 0.1) is 23.3 Å². The molecule has 2 unspecified atom stereocenters. The number of carbonyl (C=O) groups excluding carboxylic acids is 2. The predicted molar refractivity (Wildman–Crippen MR) is 117 cm³/mol. The number of likely N-dealkylation sites (N-methyl/N-ethyl adjacent to an activating group) is 1. The Morgan fingerprint density at radius 3 is 2.50 bits per heavy atom. The fourth-order valence-electron chi connectivity index (χ4n) is 4.45. The molecule has 158 valence electrons. The summed E-state index contributed by atoms with van der Waals surface area (Å²) < 4.78 is 0. The summed E-state index contributed by atoms with van der Waals surface area (Å²) >= 11 is 0. The van der Waals surface area contributed by atoms with Crippen LogP contribution < -0.4 is 4.90 Å². The van der Waals surface area contributed by atoms with Gasteiger partial charge in [-0.05, 0) is 36.6 Å². The minimum Gasteiger partial charge on any atom is -0.392 e. The maximum absolute atomic E-state index is 12.8. The monoisotopic (exact) mass is 407 g/mol. The Kier molecular flexibility index (Phi) is 5.88. The second-order valence-corrected chi connectivity index (χ2v) is 8.23. The van der Waals surface area contributed by atoms with Crippen molar-refractivity contribution in [2.75, 3.05) is 38.1 Å². The summed E-state index contributed by atoms with van der Waals surface area (Å²) in [6.45, 7) is 4.75. The van der Waals surface area contributed by atoms with Crippen LogP contribution in [0.1, 0.15) is 52.1 Å². The number of aliphatic hydroxyl groups is 1. The molecular formula is C24H29N3O3. The first-order valence-corrected chi connectivity index (χ1v) is 10.7. The lowest BCUT2D eigenvalue weighted by Crippen LogP contribution is -2.36. The van der Waals surface area contributed by atoms with Crippen LogP contribution in [0.5, 0.6) is 0 Å². The molecule has 1 saturated heterocycles. The van der Waals surface area contributed by atoms with Gasteiger partial charge >= 0.3 is 0 Å². The third-order valence-corrected chi connectivity index (χ3v) is 6.14. The Morgan fingerprint density at radius 1 is 1.10 bits per heavy atom. The first-order valence-electron chi connectivity index (χ1n) is 10.7. The first-order chi connectivity index (χ1) is 14.5. The normalized spacial score (nSPS) is 20.0. The van der Waals surface area contributed by atoms with Gasteiger partial charge in [0.25, 0.3) is 11.8 Å². The van der Waals surface area contributed by atoms with Crippen molar-refractivity contribution in [1.29, 1.82) is 0 Å². The highest BCUT2D eigenvalue weighted by molar-refractivity contribution is 6.21. The zero-order valence-electron chi connectivity index (χ0n) is 17.6. The van der Waals surface area contributed by atoms with Crippen LogP contribution in [-0.2, 0) is 0 Å². The SMILES string of the molecule is CCCN1C(=O)c2ccc(N(C)C(CN3CCC(O)C3)c3ccccc3)cc2C1=O. The molecular weight excluding hydrogens is 378 g/mol. The molecule has 6 heteroatoms. The highest BCUT2D eigenvalue weighted by Gasteiger charge is 2.35. The third-order valence-electron chi connectivity index (χ3n) is 6.14. The van der Waals surface area contributed by atoms with Crippen molar-refractivity contribution in [1.82, 2.24) is 9.80 Å². The summed E-state index contributed by atoms with van der Waals surface area (Å²) in [7, 11) is 2.02. The Labute approximate surface area is 177 Å². The standard InChI is InChI=1S/C24H29N3O3/c1-3-12-27-23(29)20-10-9-18(14-21(20)24(27)30)25(2)22(17-7-5-4-6-8-17)16-26-13-11-19(28)15-26/h4-10,14,19,22,28H,3,11-13,15-16H2,1-2H3. The van der Waals surface area contributed by atoms with Crippen LogP contribution in [0.3, 0.4) is 0 Å². The lowest BCUT2D eigenvalue weighted by Gasteiger charge is -2.33. The van der Waals surface area contributed by atoms with E-state index < -0.39 is 0 Å². The molecule has 0 aliphatic carbocycles. The van der Waals surface area contributed by atoms with Crippen molar-refractivity contribution in [3.05, 3.63) is 65.2 Å². The van der Waals surface area contributed by atoms with E-state index in [0.717, 1.165) is 31.6 Å². The molecule has 0 aromatic heterocycles. The van der Waals surface area contributed by atoms with Gasteiger partial charge in [0.2, 0.25) is 0 Å². The average Bonchev–Trinajstić information content (AvgIpc) is 3.28. The molecule has 0 saturated carbocycles. The van der Waals surface area contributed by atoms with Crippen molar-refractivity contribution in [2.45, 2.75) is 31.9 Å². The highest BCUT2D eigenvalue weighted by atomic mass is 16.3. The summed E-state index contributed by atoms with van der Waals surface area (Å²) in [4.78, 5) is 31.1. The van der Waals surface area contributed by atoms with Gasteiger partial charge in [0.15, 0.2) is 0 Å². The van der Waals surface area contributed by atoms with Crippen molar-refractivity contribution < 1.29 is 14.7 Å². The minimum absolute atomic E-state index is 0.0634. The third kappa shape index (κ3) is 3.85. The number of hydrogen-bond acceptors (Lipinski definition) is 5. The van der Waals surface area contributed by atoms with E-state index in [4.69, 9.17) is 0 Å². The molecule has 6 nitrogen and oxygen atoms in total. The van der Waals surface area contributed by atoms with Crippen LogP contribution in [0, 0.1) is 0 Å². The van der Waals surface area contributed by atoms with E-state index in [-0.39, 0.29) is 24.0 Å². The van der Waals surface area contributed by atoms with Gasteiger partial charge < -0.3 is 10.0 Å². The molecule has 2 aliphatic heterocycles. The second-order valence-electron chi connectivity index (χ2n) is 8.23. The van der Waals surface area contributed by atoms with Crippen molar-refractivity contribution in [2.24, 2.45) is 0 Å². The van der Waals surface area contributed by atoms with Crippen LogP contribution >= 0.6 is 0 Å². The number of anilines is 1. The Bertz CT molecular complexity index is 931. The zero-order valence-corrected chi connectivity index (χ0v) is 17.6. The summed E-state index contributed by atoms with van der Waals surface area (Å²) in [6, 6.07) is 15.9. The lowest BCUT2D eigenvalue weighted by atomic mass is 10.0. The molecule has 30 heavy (non-hydrogen) atoms. The maximum atomic E-state index is 12.8. The van der Waals surface area contributed by atoms with Gasteiger partial charge in [-0.3, -0.25) is 19.4 Å². The number of carbonyl (C=O) groups is 2. The van der Waals surface area contributed by atoms with Crippen LogP contribution in [0.4, 0.5) is 5.69 Å². The van der Waals surface area contributed by atoms with Gasteiger partial charge in [-0.2, -0.15) is 0 Å². The molecule has 0 radical (unpaired) electrons. The number of imide groups is 1. The molecule has 2 aromatic rings.